The Hall–Kier alpha value is -2.15. The van der Waals surface area contributed by atoms with E-state index in [9.17, 15) is 9.00 Å². The second-order valence-corrected chi connectivity index (χ2v) is 9.08. The third-order valence-corrected chi connectivity index (χ3v) is 6.41. The summed E-state index contributed by atoms with van der Waals surface area (Å²) in [6, 6.07) is 10.7. The van der Waals surface area contributed by atoms with Crippen LogP contribution in [0.4, 0.5) is 5.82 Å². The van der Waals surface area contributed by atoms with Crippen molar-refractivity contribution in [2.24, 2.45) is 0 Å². The number of aromatic nitrogens is 2. The number of fused-ring (bicyclic) bond motifs is 1. The Kier molecular flexibility index (Phi) is 5.04. The molecule has 144 valence electrons. The van der Waals surface area contributed by atoms with Crippen molar-refractivity contribution in [2.75, 3.05) is 5.32 Å². The predicted molar refractivity (Wildman–Crippen MR) is 113 cm³/mol. The van der Waals surface area contributed by atoms with Crippen molar-refractivity contribution in [3.05, 3.63) is 74.4 Å². The highest BCUT2D eigenvalue weighted by Gasteiger charge is 2.29. The van der Waals surface area contributed by atoms with Gasteiger partial charge in [0, 0.05) is 21.4 Å². The van der Waals surface area contributed by atoms with E-state index < -0.39 is 10.8 Å². The lowest BCUT2D eigenvalue weighted by Crippen LogP contribution is -2.17. The summed E-state index contributed by atoms with van der Waals surface area (Å²) in [7, 11) is -1.01. The van der Waals surface area contributed by atoms with Crippen molar-refractivity contribution in [3.63, 3.8) is 0 Å². The standard InChI is InChI=1S/C20H17Cl2N3O2S/c1-11-3-6-18(12(2)7-11)25-19(15-9-28(27)10-17(15)24-25)23-20(26)14-5-4-13(21)8-16(14)22/h3-8H,9-10H2,1-2H3,(H,23,26)/t28-/m0/s1. The molecule has 1 aliphatic rings. The number of halogens is 2. The van der Waals surface area contributed by atoms with Crippen molar-refractivity contribution >= 4 is 45.7 Å². The van der Waals surface area contributed by atoms with Gasteiger partial charge in [0.1, 0.15) is 5.82 Å². The van der Waals surface area contributed by atoms with Gasteiger partial charge in [-0.2, -0.15) is 5.10 Å². The molecule has 0 spiro atoms. The Bertz CT molecular complexity index is 1140. The highest BCUT2D eigenvalue weighted by molar-refractivity contribution is 7.83. The van der Waals surface area contributed by atoms with E-state index in [2.05, 4.69) is 16.5 Å². The van der Waals surface area contributed by atoms with Crippen LogP contribution in [0.2, 0.25) is 10.0 Å². The molecule has 0 bridgehead atoms. The van der Waals surface area contributed by atoms with Gasteiger partial charge in [-0.25, -0.2) is 4.68 Å². The second-order valence-electron chi connectivity index (χ2n) is 6.78. The molecule has 8 heteroatoms. The molecule has 1 aliphatic heterocycles. The van der Waals surface area contributed by atoms with Crippen LogP contribution >= 0.6 is 23.2 Å². The van der Waals surface area contributed by atoms with Gasteiger partial charge in [-0.3, -0.25) is 9.00 Å². The summed E-state index contributed by atoms with van der Waals surface area (Å²) < 4.78 is 13.8. The first kappa shape index (κ1) is 19.2. The minimum absolute atomic E-state index is 0.266. The van der Waals surface area contributed by atoms with Gasteiger partial charge in [0.25, 0.3) is 5.91 Å². The van der Waals surface area contributed by atoms with E-state index in [-0.39, 0.29) is 10.9 Å². The number of nitrogens with zero attached hydrogens (tertiary/aromatic N) is 2. The average molecular weight is 434 g/mol. The monoisotopic (exact) mass is 433 g/mol. The van der Waals surface area contributed by atoms with Gasteiger partial charge < -0.3 is 5.32 Å². The zero-order valence-corrected chi connectivity index (χ0v) is 17.6. The van der Waals surface area contributed by atoms with E-state index in [1.165, 1.54) is 6.07 Å². The Morgan fingerprint density at radius 1 is 1.14 bits per heavy atom. The number of hydrogen-bond donors (Lipinski definition) is 1. The molecule has 2 aromatic carbocycles. The highest BCUT2D eigenvalue weighted by Crippen LogP contribution is 2.33. The maximum atomic E-state index is 12.9. The SMILES string of the molecule is Cc1ccc(-n2nc3c(c2NC(=O)c2ccc(Cl)cc2Cl)C[S@](=O)C3)c(C)c1. The molecular formula is C20H17Cl2N3O2S. The number of nitrogens with one attached hydrogen (secondary N) is 1. The van der Waals surface area contributed by atoms with E-state index in [0.717, 1.165) is 28.1 Å². The molecule has 4 rings (SSSR count). The lowest BCUT2D eigenvalue weighted by atomic mass is 10.1. The summed E-state index contributed by atoms with van der Waals surface area (Å²) in [5.41, 5.74) is 4.89. The van der Waals surface area contributed by atoms with E-state index in [0.29, 0.717) is 27.9 Å². The molecule has 0 saturated carbocycles. The number of carbonyl (C=O) groups excluding carboxylic acids is 1. The Morgan fingerprint density at radius 2 is 1.93 bits per heavy atom. The summed E-state index contributed by atoms with van der Waals surface area (Å²) >= 11 is 12.1. The van der Waals surface area contributed by atoms with Crippen molar-refractivity contribution < 1.29 is 9.00 Å². The molecule has 1 aromatic heterocycles. The largest absolute Gasteiger partial charge is 0.306 e. The van der Waals surface area contributed by atoms with E-state index in [1.54, 1.807) is 16.8 Å². The zero-order valence-electron chi connectivity index (χ0n) is 15.3. The summed E-state index contributed by atoms with van der Waals surface area (Å²) in [5.74, 6) is 0.916. The third-order valence-electron chi connectivity index (χ3n) is 4.66. The van der Waals surface area contributed by atoms with Crippen molar-refractivity contribution in [2.45, 2.75) is 25.4 Å². The van der Waals surface area contributed by atoms with Crippen LogP contribution in [0.15, 0.2) is 36.4 Å². The van der Waals surface area contributed by atoms with Crippen molar-refractivity contribution in [1.82, 2.24) is 9.78 Å². The van der Waals surface area contributed by atoms with Crippen LogP contribution < -0.4 is 5.32 Å². The van der Waals surface area contributed by atoms with Crippen LogP contribution in [0.1, 0.15) is 32.7 Å². The molecule has 0 aliphatic carbocycles. The Labute approximate surface area is 175 Å². The summed E-state index contributed by atoms with van der Waals surface area (Å²) in [5, 5.41) is 8.29. The number of aryl methyl sites for hydroxylation is 2. The summed E-state index contributed by atoms with van der Waals surface area (Å²) in [6.45, 7) is 4.02. The van der Waals surface area contributed by atoms with Gasteiger partial charge in [0.05, 0.1) is 33.5 Å². The molecule has 1 atom stereocenters. The number of carbonyl (C=O) groups is 1. The molecule has 2 heterocycles. The molecule has 1 amide bonds. The minimum Gasteiger partial charge on any atom is -0.306 e. The van der Waals surface area contributed by atoms with Crippen LogP contribution in [-0.4, -0.2) is 19.9 Å². The number of benzene rings is 2. The van der Waals surface area contributed by atoms with Crippen LogP contribution in [0, 0.1) is 13.8 Å². The maximum absolute atomic E-state index is 12.9. The summed E-state index contributed by atoms with van der Waals surface area (Å²) in [6.07, 6.45) is 0. The van der Waals surface area contributed by atoms with E-state index in [4.69, 9.17) is 23.2 Å². The molecule has 28 heavy (non-hydrogen) atoms. The molecule has 0 unspecified atom stereocenters. The van der Waals surface area contributed by atoms with Crippen LogP contribution in [0.25, 0.3) is 5.69 Å². The van der Waals surface area contributed by atoms with Gasteiger partial charge in [-0.1, -0.05) is 40.9 Å². The van der Waals surface area contributed by atoms with Crippen LogP contribution in [0.3, 0.4) is 0 Å². The Morgan fingerprint density at radius 3 is 2.64 bits per heavy atom. The fourth-order valence-corrected chi connectivity index (χ4v) is 5.08. The zero-order chi connectivity index (χ0) is 20.0. The van der Waals surface area contributed by atoms with E-state index in [1.807, 2.05) is 26.0 Å². The second kappa shape index (κ2) is 7.35. The molecule has 0 radical (unpaired) electrons. The number of amides is 1. The van der Waals surface area contributed by atoms with Gasteiger partial charge >= 0.3 is 0 Å². The number of anilines is 1. The quantitative estimate of drug-likeness (QED) is 0.644. The molecule has 5 nitrogen and oxygen atoms in total. The number of rotatable bonds is 3. The van der Waals surface area contributed by atoms with Gasteiger partial charge in [-0.05, 0) is 43.7 Å². The van der Waals surface area contributed by atoms with Crippen molar-refractivity contribution in [3.8, 4) is 5.69 Å². The average Bonchev–Trinajstić information content (AvgIpc) is 3.12. The molecule has 3 aromatic rings. The molecule has 0 saturated heterocycles. The first-order valence-corrected chi connectivity index (χ1v) is 10.9. The van der Waals surface area contributed by atoms with Gasteiger partial charge in [0.15, 0.2) is 0 Å². The lowest BCUT2D eigenvalue weighted by Gasteiger charge is -2.14. The van der Waals surface area contributed by atoms with Gasteiger partial charge in [0.2, 0.25) is 0 Å². The molecule has 1 N–H and O–H groups in total. The third kappa shape index (κ3) is 3.48. The summed E-state index contributed by atoms with van der Waals surface area (Å²) in [4.78, 5) is 12.9. The number of hydrogen-bond acceptors (Lipinski definition) is 3. The first-order chi connectivity index (χ1) is 13.3. The van der Waals surface area contributed by atoms with Crippen LogP contribution in [0.5, 0.6) is 0 Å². The minimum atomic E-state index is -1.01. The van der Waals surface area contributed by atoms with Crippen LogP contribution in [-0.2, 0) is 22.3 Å². The normalized spacial score (nSPS) is 15.5. The molecular weight excluding hydrogens is 417 g/mol. The lowest BCUT2D eigenvalue weighted by molar-refractivity contribution is 0.102. The topological polar surface area (TPSA) is 64.0 Å². The molecule has 0 fully saturated rings. The van der Waals surface area contributed by atoms with E-state index >= 15 is 0 Å². The smallest absolute Gasteiger partial charge is 0.258 e. The Balaban J connectivity index is 1.79. The highest BCUT2D eigenvalue weighted by atomic mass is 35.5. The maximum Gasteiger partial charge on any atom is 0.258 e. The first-order valence-electron chi connectivity index (χ1n) is 8.63. The van der Waals surface area contributed by atoms with Gasteiger partial charge in [-0.15, -0.1) is 0 Å². The fraction of sp³-hybridized carbons (Fsp3) is 0.200. The fourth-order valence-electron chi connectivity index (χ4n) is 3.32. The predicted octanol–water partition coefficient (Wildman–Crippen LogP) is 4.81. The van der Waals surface area contributed by atoms with Crippen molar-refractivity contribution in [1.29, 1.82) is 0 Å².